The van der Waals surface area contributed by atoms with Crippen molar-refractivity contribution >= 4 is 11.4 Å². The highest BCUT2D eigenvalue weighted by Gasteiger charge is 2.20. The second-order valence-electron chi connectivity index (χ2n) is 2.94. The Morgan fingerprint density at radius 2 is 1.91 bits per heavy atom. The Labute approximate surface area is 65.2 Å². The van der Waals surface area contributed by atoms with Gasteiger partial charge in [0, 0.05) is 0 Å². The van der Waals surface area contributed by atoms with Crippen molar-refractivity contribution in [2.45, 2.75) is 26.2 Å². The predicted molar refractivity (Wildman–Crippen MR) is 41.5 cm³/mol. The number of rotatable bonds is 0. The maximum absolute atomic E-state index is 8.51. The van der Waals surface area contributed by atoms with Crippen molar-refractivity contribution in [3.05, 3.63) is 0 Å². The summed E-state index contributed by atoms with van der Waals surface area (Å²) in [5.41, 5.74) is 1.04. The molecule has 0 spiro atoms. The van der Waals surface area contributed by atoms with Crippen LogP contribution in [0.5, 0.6) is 0 Å². The molecule has 2 N–H and O–H groups in total. The first kappa shape index (κ1) is 8.04. The molecule has 11 heavy (non-hydrogen) atoms. The van der Waals surface area contributed by atoms with Gasteiger partial charge >= 0.3 is 0 Å². The Morgan fingerprint density at radius 3 is 2.45 bits per heavy atom. The molecule has 1 fully saturated rings. The van der Waals surface area contributed by atoms with Crippen molar-refractivity contribution in [1.82, 2.24) is 0 Å². The lowest BCUT2D eigenvalue weighted by Gasteiger charge is -2.18. The lowest BCUT2D eigenvalue weighted by molar-refractivity contribution is 0.308. The Bertz CT molecular complexity index is 199. The number of nitrogens with zero attached hydrogens (tertiary/aromatic N) is 2. The van der Waals surface area contributed by atoms with Crippen LogP contribution in [-0.4, -0.2) is 21.8 Å². The lowest BCUT2D eigenvalue weighted by atomic mass is 9.88. The normalized spacial score (nSPS) is 33.0. The van der Waals surface area contributed by atoms with Crippen LogP contribution in [0.2, 0.25) is 0 Å². The summed E-state index contributed by atoms with van der Waals surface area (Å²) in [7, 11) is 0. The molecule has 0 aromatic carbocycles. The van der Waals surface area contributed by atoms with E-state index in [1.807, 2.05) is 0 Å². The summed E-state index contributed by atoms with van der Waals surface area (Å²) >= 11 is 0. The van der Waals surface area contributed by atoms with E-state index in [0.717, 1.165) is 6.42 Å². The number of hydrogen-bond donors (Lipinski definition) is 2. The molecule has 0 heterocycles. The minimum atomic E-state index is 0.519. The van der Waals surface area contributed by atoms with Gasteiger partial charge in [0.05, 0.1) is 0 Å². The van der Waals surface area contributed by atoms with E-state index in [2.05, 4.69) is 17.2 Å². The van der Waals surface area contributed by atoms with Crippen molar-refractivity contribution in [3.63, 3.8) is 0 Å². The van der Waals surface area contributed by atoms with Crippen LogP contribution >= 0.6 is 0 Å². The van der Waals surface area contributed by atoms with Gasteiger partial charge in [-0.3, -0.25) is 0 Å². The molecule has 1 aliphatic carbocycles. The van der Waals surface area contributed by atoms with Crippen LogP contribution in [0.1, 0.15) is 26.2 Å². The van der Waals surface area contributed by atoms with E-state index in [1.54, 1.807) is 0 Å². The Balaban J connectivity index is 2.72. The molecule has 0 aromatic heterocycles. The highest BCUT2D eigenvalue weighted by atomic mass is 16.4. The summed E-state index contributed by atoms with van der Waals surface area (Å²) in [6, 6.07) is 0. The SMILES string of the molecule is C[C@H]1CCC(=N/O)/C(=N/O)C1. The highest BCUT2D eigenvalue weighted by molar-refractivity contribution is 6.42. The zero-order chi connectivity index (χ0) is 8.27. The molecule has 4 heteroatoms. The van der Waals surface area contributed by atoms with Gasteiger partial charge in [0.15, 0.2) is 0 Å². The van der Waals surface area contributed by atoms with Gasteiger partial charge in [0.25, 0.3) is 0 Å². The average molecular weight is 156 g/mol. The molecular formula is C7H12N2O2. The summed E-state index contributed by atoms with van der Waals surface area (Å²) < 4.78 is 0. The summed E-state index contributed by atoms with van der Waals surface area (Å²) in [6.45, 7) is 2.08. The minimum Gasteiger partial charge on any atom is -0.411 e. The number of hydrogen-bond acceptors (Lipinski definition) is 4. The van der Waals surface area contributed by atoms with Gasteiger partial charge < -0.3 is 10.4 Å². The highest BCUT2D eigenvalue weighted by Crippen LogP contribution is 2.19. The van der Waals surface area contributed by atoms with Crippen molar-refractivity contribution in [2.24, 2.45) is 16.2 Å². The van der Waals surface area contributed by atoms with Crippen LogP contribution in [0.25, 0.3) is 0 Å². The number of oxime groups is 2. The largest absolute Gasteiger partial charge is 0.411 e. The van der Waals surface area contributed by atoms with Crippen molar-refractivity contribution in [3.8, 4) is 0 Å². The molecule has 0 amide bonds. The fourth-order valence-electron chi connectivity index (χ4n) is 1.28. The third-order valence-corrected chi connectivity index (χ3v) is 1.99. The molecule has 4 nitrogen and oxygen atoms in total. The van der Waals surface area contributed by atoms with Gasteiger partial charge in [0.2, 0.25) is 0 Å². The molecule has 1 rings (SSSR count). The molecule has 1 atom stereocenters. The van der Waals surface area contributed by atoms with Crippen LogP contribution in [-0.2, 0) is 0 Å². The van der Waals surface area contributed by atoms with Crippen LogP contribution in [0.4, 0.5) is 0 Å². The van der Waals surface area contributed by atoms with Gasteiger partial charge in [-0.1, -0.05) is 17.2 Å². The molecule has 62 valence electrons. The van der Waals surface area contributed by atoms with Crippen LogP contribution in [0.3, 0.4) is 0 Å². The fraction of sp³-hybridized carbons (Fsp3) is 0.714. The molecule has 0 aromatic rings. The monoisotopic (exact) mass is 156 g/mol. The fourth-order valence-corrected chi connectivity index (χ4v) is 1.28. The van der Waals surface area contributed by atoms with E-state index < -0.39 is 0 Å². The zero-order valence-electron chi connectivity index (χ0n) is 6.49. The van der Waals surface area contributed by atoms with E-state index in [0.29, 0.717) is 30.2 Å². The van der Waals surface area contributed by atoms with E-state index in [1.165, 1.54) is 0 Å². The summed E-state index contributed by atoms with van der Waals surface area (Å²) in [5.74, 6) is 0.520. The van der Waals surface area contributed by atoms with E-state index in [4.69, 9.17) is 10.4 Å². The molecule has 0 unspecified atom stereocenters. The molecule has 0 saturated heterocycles. The minimum absolute atomic E-state index is 0.519. The quantitative estimate of drug-likeness (QED) is 0.412. The van der Waals surface area contributed by atoms with E-state index in [-0.39, 0.29) is 0 Å². The van der Waals surface area contributed by atoms with Gasteiger partial charge in [0.1, 0.15) is 11.4 Å². The summed E-state index contributed by atoms with van der Waals surface area (Å²) in [4.78, 5) is 0. The van der Waals surface area contributed by atoms with Crippen molar-refractivity contribution in [1.29, 1.82) is 0 Å². The first-order valence-electron chi connectivity index (χ1n) is 3.70. The molecule has 1 aliphatic rings. The first-order chi connectivity index (χ1) is 5.27. The topological polar surface area (TPSA) is 65.2 Å². The standard InChI is InChI=1S/C7H12N2O2/c1-5-2-3-6(8-10)7(4-5)9-11/h5,10-11H,2-4H2,1H3/b8-6-,9-7+/t5-/m0/s1. The van der Waals surface area contributed by atoms with Crippen LogP contribution in [0, 0.1) is 5.92 Å². The van der Waals surface area contributed by atoms with Gasteiger partial charge in [-0.15, -0.1) is 0 Å². The smallest absolute Gasteiger partial charge is 0.105 e. The second-order valence-corrected chi connectivity index (χ2v) is 2.94. The van der Waals surface area contributed by atoms with Crippen LogP contribution in [0.15, 0.2) is 10.3 Å². The third kappa shape index (κ3) is 1.69. The van der Waals surface area contributed by atoms with Gasteiger partial charge in [-0.25, -0.2) is 0 Å². The second kappa shape index (κ2) is 3.37. The Morgan fingerprint density at radius 1 is 1.27 bits per heavy atom. The maximum Gasteiger partial charge on any atom is 0.105 e. The third-order valence-electron chi connectivity index (χ3n) is 1.99. The zero-order valence-corrected chi connectivity index (χ0v) is 6.49. The van der Waals surface area contributed by atoms with Crippen molar-refractivity contribution in [2.75, 3.05) is 0 Å². The van der Waals surface area contributed by atoms with Crippen molar-refractivity contribution < 1.29 is 10.4 Å². The first-order valence-corrected chi connectivity index (χ1v) is 3.70. The van der Waals surface area contributed by atoms with Gasteiger partial charge in [-0.05, 0) is 25.2 Å². The molecule has 0 aliphatic heterocycles. The van der Waals surface area contributed by atoms with Crippen LogP contribution < -0.4 is 0 Å². The Kier molecular flexibility index (Phi) is 2.46. The molecular weight excluding hydrogens is 144 g/mol. The summed E-state index contributed by atoms with van der Waals surface area (Å²) in [5, 5.41) is 23.1. The van der Waals surface area contributed by atoms with E-state index >= 15 is 0 Å². The summed E-state index contributed by atoms with van der Waals surface area (Å²) in [6.07, 6.45) is 2.41. The molecule has 0 bridgehead atoms. The Hall–Kier alpha value is -1.06. The lowest BCUT2D eigenvalue weighted by Crippen LogP contribution is -2.23. The average Bonchev–Trinajstić information content (AvgIpc) is 2.04. The van der Waals surface area contributed by atoms with E-state index in [9.17, 15) is 0 Å². The maximum atomic E-state index is 8.51. The molecule has 1 saturated carbocycles. The predicted octanol–water partition coefficient (Wildman–Crippen LogP) is 1.47. The van der Waals surface area contributed by atoms with Gasteiger partial charge in [-0.2, -0.15) is 0 Å². The molecule has 0 radical (unpaired) electrons.